The van der Waals surface area contributed by atoms with Gasteiger partial charge in [0.15, 0.2) is 17.4 Å². The van der Waals surface area contributed by atoms with Gasteiger partial charge in [-0.25, -0.2) is 8.78 Å². The van der Waals surface area contributed by atoms with Crippen LogP contribution in [0.2, 0.25) is 0 Å². The van der Waals surface area contributed by atoms with Crippen molar-refractivity contribution in [2.45, 2.75) is 13.3 Å². The van der Waals surface area contributed by atoms with Crippen molar-refractivity contribution in [3.05, 3.63) is 65.2 Å². The van der Waals surface area contributed by atoms with Crippen LogP contribution < -0.4 is 5.32 Å². The molecule has 1 N–H and O–H groups in total. The van der Waals surface area contributed by atoms with Crippen molar-refractivity contribution < 1.29 is 18.4 Å². The molecule has 2 aromatic carbocycles. The number of amides is 1. The van der Waals surface area contributed by atoms with E-state index in [-0.39, 0.29) is 18.1 Å². The molecule has 0 saturated carbocycles. The molecule has 2 aromatic rings. The van der Waals surface area contributed by atoms with Gasteiger partial charge in [0.05, 0.1) is 0 Å². The lowest BCUT2D eigenvalue weighted by Gasteiger charge is -2.05. The number of halogens is 2. The van der Waals surface area contributed by atoms with Crippen LogP contribution in [0.1, 0.15) is 22.8 Å². The Balaban J connectivity index is 2.09. The van der Waals surface area contributed by atoms with Gasteiger partial charge >= 0.3 is 0 Å². The Morgan fingerprint density at radius 1 is 1.00 bits per heavy atom. The van der Waals surface area contributed by atoms with Crippen LogP contribution in [-0.2, 0) is 11.2 Å². The van der Waals surface area contributed by atoms with E-state index in [1.807, 2.05) is 0 Å². The van der Waals surface area contributed by atoms with E-state index in [9.17, 15) is 18.4 Å². The normalized spacial score (nSPS) is 10.2. The molecular weight excluding hydrogens is 276 g/mol. The molecule has 0 radical (unpaired) electrons. The van der Waals surface area contributed by atoms with Gasteiger partial charge in [0.2, 0.25) is 5.91 Å². The van der Waals surface area contributed by atoms with E-state index in [0.717, 1.165) is 12.1 Å². The predicted octanol–water partition coefficient (Wildman–Crippen LogP) is 3.35. The first-order chi connectivity index (χ1) is 9.95. The van der Waals surface area contributed by atoms with Crippen molar-refractivity contribution in [1.82, 2.24) is 0 Å². The van der Waals surface area contributed by atoms with E-state index in [2.05, 4.69) is 5.32 Å². The molecule has 0 fully saturated rings. The fourth-order valence-electron chi connectivity index (χ4n) is 1.88. The van der Waals surface area contributed by atoms with Crippen LogP contribution in [0.5, 0.6) is 0 Å². The second-order valence-electron chi connectivity index (χ2n) is 4.61. The van der Waals surface area contributed by atoms with Crippen LogP contribution in [-0.4, -0.2) is 11.7 Å². The Hall–Kier alpha value is -2.56. The molecule has 0 atom stereocenters. The first-order valence-corrected chi connectivity index (χ1v) is 6.30. The summed E-state index contributed by atoms with van der Waals surface area (Å²) < 4.78 is 25.9. The minimum Gasteiger partial charge on any atom is -0.326 e. The van der Waals surface area contributed by atoms with Crippen molar-refractivity contribution in [2.75, 3.05) is 5.32 Å². The number of hydrogen-bond acceptors (Lipinski definition) is 2. The van der Waals surface area contributed by atoms with E-state index >= 15 is 0 Å². The van der Waals surface area contributed by atoms with Gasteiger partial charge in [-0.05, 0) is 42.0 Å². The van der Waals surface area contributed by atoms with Crippen LogP contribution in [0.15, 0.2) is 42.5 Å². The highest BCUT2D eigenvalue weighted by molar-refractivity contribution is 5.98. The maximum atomic E-state index is 13.1. The van der Waals surface area contributed by atoms with Crippen molar-refractivity contribution >= 4 is 17.4 Å². The number of nitrogens with one attached hydrogen (secondary N) is 1. The molecule has 2 rings (SSSR count). The molecule has 0 aliphatic carbocycles. The standard InChI is InChI=1S/C16H13F2NO2/c1-10(20)19-13-5-3-12(4-6-13)16(21)9-11-2-7-14(17)15(18)8-11/h2-8H,9H2,1H3,(H,19,20). The first-order valence-electron chi connectivity index (χ1n) is 6.30. The number of ketones is 1. The molecule has 0 spiro atoms. The molecule has 3 nitrogen and oxygen atoms in total. The fourth-order valence-corrected chi connectivity index (χ4v) is 1.88. The van der Waals surface area contributed by atoms with Crippen LogP contribution >= 0.6 is 0 Å². The van der Waals surface area contributed by atoms with Gasteiger partial charge in [-0.2, -0.15) is 0 Å². The summed E-state index contributed by atoms with van der Waals surface area (Å²) in [5, 5.41) is 2.59. The molecule has 5 heteroatoms. The average Bonchev–Trinajstić information content (AvgIpc) is 2.43. The summed E-state index contributed by atoms with van der Waals surface area (Å²) in [6.45, 7) is 1.39. The van der Waals surface area contributed by atoms with Crippen molar-refractivity contribution in [3.63, 3.8) is 0 Å². The molecule has 108 valence electrons. The molecule has 0 aliphatic rings. The van der Waals surface area contributed by atoms with Gasteiger partial charge in [-0.3, -0.25) is 9.59 Å². The molecular formula is C16H13F2NO2. The molecule has 21 heavy (non-hydrogen) atoms. The smallest absolute Gasteiger partial charge is 0.221 e. The molecule has 0 saturated heterocycles. The largest absolute Gasteiger partial charge is 0.326 e. The summed E-state index contributed by atoms with van der Waals surface area (Å²) in [6.07, 6.45) is -0.0172. The summed E-state index contributed by atoms with van der Waals surface area (Å²) in [6, 6.07) is 9.76. The van der Waals surface area contributed by atoms with E-state index in [1.165, 1.54) is 13.0 Å². The van der Waals surface area contributed by atoms with E-state index < -0.39 is 11.6 Å². The second-order valence-corrected chi connectivity index (χ2v) is 4.61. The van der Waals surface area contributed by atoms with E-state index in [4.69, 9.17) is 0 Å². The Kier molecular flexibility index (Phi) is 4.42. The Labute approximate surface area is 120 Å². The fraction of sp³-hybridized carbons (Fsp3) is 0.125. The van der Waals surface area contributed by atoms with Gasteiger partial charge < -0.3 is 5.32 Å². The van der Waals surface area contributed by atoms with E-state index in [0.29, 0.717) is 16.8 Å². The topological polar surface area (TPSA) is 46.2 Å². The number of benzene rings is 2. The Morgan fingerprint density at radius 3 is 2.24 bits per heavy atom. The molecule has 0 aromatic heterocycles. The van der Waals surface area contributed by atoms with E-state index in [1.54, 1.807) is 24.3 Å². The SMILES string of the molecule is CC(=O)Nc1ccc(C(=O)Cc2ccc(F)c(F)c2)cc1. The number of carbonyl (C=O) groups is 2. The summed E-state index contributed by atoms with van der Waals surface area (Å²) in [4.78, 5) is 22.9. The summed E-state index contributed by atoms with van der Waals surface area (Å²) in [7, 11) is 0. The van der Waals surface area contributed by atoms with Crippen LogP contribution in [0.25, 0.3) is 0 Å². The minimum atomic E-state index is -0.971. The zero-order chi connectivity index (χ0) is 15.4. The highest BCUT2D eigenvalue weighted by Gasteiger charge is 2.09. The third-order valence-electron chi connectivity index (χ3n) is 2.88. The zero-order valence-corrected chi connectivity index (χ0v) is 11.3. The second kappa shape index (κ2) is 6.26. The average molecular weight is 289 g/mol. The maximum absolute atomic E-state index is 13.1. The van der Waals surface area contributed by atoms with Gasteiger partial charge in [-0.1, -0.05) is 6.07 Å². The van der Waals surface area contributed by atoms with Gasteiger partial charge in [0, 0.05) is 24.6 Å². The number of anilines is 1. The summed E-state index contributed by atoms with van der Waals surface area (Å²) in [5.74, 6) is -2.32. The maximum Gasteiger partial charge on any atom is 0.221 e. The quantitative estimate of drug-likeness (QED) is 0.877. The highest BCUT2D eigenvalue weighted by atomic mass is 19.2. The summed E-state index contributed by atoms with van der Waals surface area (Å²) in [5.41, 5.74) is 1.44. The molecule has 0 unspecified atom stereocenters. The minimum absolute atomic E-state index is 0.0172. The van der Waals surface area contributed by atoms with Crippen LogP contribution in [0.3, 0.4) is 0 Å². The lowest BCUT2D eigenvalue weighted by molar-refractivity contribution is -0.114. The van der Waals surface area contributed by atoms with Crippen LogP contribution in [0, 0.1) is 11.6 Å². The van der Waals surface area contributed by atoms with Crippen molar-refractivity contribution in [1.29, 1.82) is 0 Å². The number of rotatable bonds is 4. The predicted molar refractivity (Wildman–Crippen MR) is 75.1 cm³/mol. The van der Waals surface area contributed by atoms with Gasteiger partial charge in [-0.15, -0.1) is 0 Å². The van der Waals surface area contributed by atoms with Gasteiger partial charge in [0.25, 0.3) is 0 Å². The summed E-state index contributed by atoms with van der Waals surface area (Å²) >= 11 is 0. The lowest BCUT2D eigenvalue weighted by atomic mass is 10.0. The monoisotopic (exact) mass is 289 g/mol. The van der Waals surface area contributed by atoms with Crippen molar-refractivity contribution in [2.24, 2.45) is 0 Å². The number of carbonyl (C=O) groups excluding carboxylic acids is 2. The number of Topliss-reactive ketones (excluding diaryl/α,β-unsaturated/α-hetero) is 1. The Bertz CT molecular complexity index is 681. The molecule has 1 amide bonds. The molecule has 0 heterocycles. The van der Waals surface area contributed by atoms with Gasteiger partial charge in [0.1, 0.15) is 0 Å². The number of hydrogen-bond donors (Lipinski definition) is 1. The highest BCUT2D eigenvalue weighted by Crippen LogP contribution is 2.14. The first kappa shape index (κ1) is 14.8. The third-order valence-corrected chi connectivity index (χ3v) is 2.88. The third kappa shape index (κ3) is 3.95. The molecule has 0 aliphatic heterocycles. The van der Waals surface area contributed by atoms with Crippen LogP contribution in [0.4, 0.5) is 14.5 Å². The zero-order valence-electron chi connectivity index (χ0n) is 11.3. The Morgan fingerprint density at radius 2 is 1.67 bits per heavy atom. The molecule has 0 bridgehead atoms. The van der Waals surface area contributed by atoms with Crippen molar-refractivity contribution in [3.8, 4) is 0 Å². The lowest BCUT2D eigenvalue weighted by Crippen LogP contribution is -2.07.